The van der Waals surface area contributed by atoms with Crippen LogP contribution in [0.15, 0.2) is 46.9 Å². The Labute approximate surface area is 168 Å². The molecule has 1 heterocycles. The monoisotopic (exact) mass is 422 g/mol. The molecule has 28 heavy (non-hydrogen) atoms. The Morgan fingerprint density at radius 1 is 1.18 bits per heavy atom. The van der Waals surface area contributed by atoms with Gasteiger partial charge in [-0.3, -0.25) is 14.9 Å². The number of esters is 1. The highest BCUT2D eigenvalue weighted by atomic mass is 35.5. The molecule has 0 aliphatic rings. The van der Waals surface area contributed by atoms with E-state index < -0.39 is 22.9 Å². The number of amides is 1. The smallest absolute Gasteiger partial charge is 0.375 e. The molecule has 1 amide bonds. The molecule has 8 nitrogen and oxygen atoms in total. The molecular weight excluding hydrogens is 411 g/mol. The lowest BCUT2D eigenvalue weighted by Gasteiger charge is -2.13. The van der Waals surface area contributed by atoms with Crippen molar-refractivity contribution in [2.24, 2.45) is 0 Å². The summed E-state index contributed by atoms with van der Waals surface area (Å²) in [5, 5.41) is 14.4. The lowest BCUT2D eigenvalue weighted by atomic mass is 10.2. The van der Waals surface area contributed by atoms with E-state index in [9.17, 15) is 19.7 Å². The van der Waals surface area contributed by atoms with Crippen molar-refractivity contribution in [3.63, 3.8) is 0 Å². The van der Waals surface area contributed by atoms with Crippen molar-refractivity contribution in [2.45, 2.75) is 13.0 Å². The third-order valence-corrected chi connectivity index (χ3v) is 4.32. The molecule has 3 rings (SSSR count). The minimum absolute atomic E-state index is 0.0298. The standard InChI is InChI=1S/C18H12Cl2N2O6/c1-9(17(23)21-14-8-12(22(25)26)3-4-13(14)20)27-18(24)16-7-10-6-11(19)2-5-15(10)28-16/h2-9H,1H3,(H,21,23). The fourth-order valence-corrected chi connectivity index (χ4v) is 2.69. The van der Waals surface area contributed by atoms with Gasteiger partial charge in [0, 0.05) is 22.5 Å². The first-order valence-corrected chi connectivity index (χ1v) is 8.65. The van der Waals surface area contributed by atoms with E-state index in [2.05, 4.69) is 5.32 Å². The molecule has 3 aromatic rings. The Bertz CT molecular complexity index is 1090. The number of nitro benzene ring substituents is 1. The molecule has 1 unspecified atom stereocenters. The van der Waals surface area contributed by atoms with Gasteiger partial charge in [-0.2, -0.15) is 0 Å². The van der Waals surface area contributed by atoms with Crippen LogP contribution in [0.4, 0.5) is 11.4 Å². The van der Waals surface area contributed by atoms with E-state index in [4.69, 9.17) is 32.4 Å². The molecule has 0 bridgehead atoms. The topological polar surface area (TPSA) is 112 Å². The van der Waals surface area contributed by atoms with Gasteiger partial charge >= 0.3 is 5.97 Å². The molecule has 2 aromatic carbocycles. The van der Waals surface area contributed by atoms with Crippen LogP contribution in [0.3, 0.4) is 0 Å². The Hall–Kier alpha value is -3.10. The summed E-state index contributed by atoms with van der Waals surface area (Å²) in [5.41, 5.74) is 0.226. The van der Waals surface area contributed by atoms with E-state index in [0.717, 1.165) is 6.07 Å². The number of nitrogens with zero attached hydrogens (tertiary/aromatic N) is 1. The van der Waals surface area contributed by atoms with Crippen LogP contribution < -0.4 is 5.32 Å². The number of nitro groups is 1. The van der Waals surface area contributed by atoms with Crippen LogP contribution in [-0.2, 0) is 9.53 Å². The molecule has 0 saturated carbocycles. The van der Waals surface area contributed by atoms with E-state index in [1.54, 1.807) is 18.2 Å². The van der Waals surface area contributed by atoms with Crippen molar-refractivity contribution < 1.29 is 23.7 Å². The summed E-state index contributed by atoms with van der Waals surface area (Å²) in [4.78, 5) is 34.7. The normalized spacial score (nSPS) is 11.8. The highest BCUT2D eigenvalue weighted by Crippen LogP contribution is 2.27. The van der Waals surface area contributed by atoms with Gasteiger partial charge in [0.05, 0.1) is 15.6 Å². The zero-order valence-electron chi connectivity index (χ0n) is 14.3. The van der Waals surface area contributed by atoms with Gasteiger partial charge < -0.3 is 14.5 Å². The first-order valence-electron chi connectivity index (χ1n) is 7.89. The summed E-state index contributed by atoms with van der Waals surface area (Å²) < 4.78 is 10.5. The Kier molecular flexibility index (Phi) is 5.53. The number of halogens is 2. The maximum absolute atomic E-state index is 12.3. The van der Waals surface area contributed by atoms with Crippen LogP contribution in [-0.4, -0.2) is 22.9 Å². The molecule has 1 aromatic heterocycles. The zero-order valence-corrected chi connectivity index (χ0v) is 15.8. The van der Waals surface area contributed by atoms with E-state index in [1.807, 2.05) is 0 Å². The van der Waals surface area contributed by atoms with Crippen molar-refractivity contribution in [2.75, 3.05) is 5.32 Å². The quantitative estimate of drug-likeness (QED) is 0.357. The second-order valence-electron chi connectivity index (χ2n) is 5.75. The number of rotatable bonds is 5. The maximum Gasteiger partial charge on any atom is 0.375 e. The molecule has 144 valence electrons. The van der Waals surface area contributed by atoms with Crippen molar-refractivity contribution in [1.82, 2.24) is 0 Å². The number of anilines is 1. The number of nitrogens with one attached hydrogen (secondary N) is 1. The number of non-ortho nitro benzene ring substituents is 1. The van der Waals surface area contributed by atoms with E-state index in [-0.39, 0.29) is 22.2 Å². The van der Waals surface area contributed by atoms with Gasteiger partial charge in [-0.15, -0.1) is 0 Å². The number of carbonyl (C=O) groups is 2. The summed E-state index contributed by atoms with van der Waals surface area (Å²) in [6.45, 7) is 1.35. The van der Waals surface area contributed by atoms with E-state index >= 15 is 0 Å². The van der Waals surface area contributed by atoms with E-state index in [1.165, 1.54) is 25.1 Å². The molecule has 1 atom stereocenters. The average Bonchev–Trinajstić information content (AvgIpc) is 3.06. The summed E-state index contributed by atoms with van der Waals surface area (Å²) in [6.07, 6.45) is -1.21. The van der Waals surface area contributed by atoms with Crippen molar-refractivity contribution in [1.29, 1.82) is 0 Å². The van der Waals surface area contributed by atoms with Gasteiger partial charge in [-0.25, -0.2) is 4.79 Å². The number of benzene rings is 2. The summed E-state index contributed by atoms with van der Waals surface area (Å²) in [5.74, 6) is -1.65. The van der Waals surface area contributed by atoms with Gasteiger partial charge in [-0.1, -0.05) is 23.2 Å². The molecule has 1 N–H and O–H groups in total. The summed E-state index contributed by atoms with van der Waals surface area (Å²) >= 11 is 11.8. The molecule has 0 fully saturated rings. The van der Waals surface area contributed by atoms with E-state index in [0.29, 0.717) is 16.0 Å². The molecule has 10 heteroatoms. The Morgan fingerprint density at radius 2 is 1.93 bits per heavy atom. The molecule has 0 radical (unpaired) electrons. The first-order chi connectivity index (χ1) is 13.2. The Morgan fingerprint density at radius 3 is 2.64 bits per heavy atom. The van der Waals surface area contributed by atoms with Gasteiger partial charge in [0.15, 0.2) is 6.10 Å². The second-order valence-corrected chi connectivity index (χ2v) is 6.59. The minimum Gasteiger partial charge on any atom is -0.449 e. The predicted molar refractivity (Wildman–Crippen MR) is 103 cm³/mol. The average molecular weight is 423 g/mol. The van der Waals surface area contributed by atoms with Crippen LogP contribution >= 0.6 is 23.2 Å². The SMILES string of the molecule is CC(OC(=O)c1cc2cc(Cl)ccc2o1)C(=O)Nc1cc([N+](=O)[O-])ccc1Cl. The number of carbonyl (C=O) groups excluding carboxylic acids is 2. The maximum atomic E-state index is 12.3. The van der Waals surface area contributed by atoms with Crippen LogP contribution in [0.5, 0.6) is 0 Å². The highest BCUT2D eigenvalue weighted by Gasteiger charge is 2.23. The first kappa shape index (κ1) is 19.7. The van der Waals surface area contributed by atoms with Crippen LogP contribution in [0, 0.1) is 10.1 Å². The second kappa shape index (κ2) is 7.87. The number of ether oxygens (including phenoxy) is 1. The fraction of sp³-hybridized carbons (Fsp3) is 0.111. The third-order valence-electron chi connectivity index (χ3n) is 3.75. The van der Waals surface area contributed by atoms with Crippen molar-refractivity contribution in [3.05, 3.63) is 68.4 Å². The largest absolute Gasteiger partial charge is 0.449 e. The molecule has 0 saturated heterocycles. The lowest BCUT2D eigenvalue weighted by molar-refractivity contribution is -0.384. The summed E-state index contributed by atoms with van der Waals surface area (Å²) in [7, 11) is 0. The van der Waals surface area contributed by atoms with Gasteiger partial charge in [0.25, 0.3) is 11.6 Å². The summed E-state index contributed by atoms with van der Waals surface area (Å²) in [6, 6.07) is 9.89. The van der Waals surface area contributed by atoms with Gasteiger partial charge in [0.1, 0.15) is 5.58 Å². The van der Waals surface area contributed by atoms with Crippen molar-refractivity contribution in [3.8, 4) is 0 Å². The Balaban J connectivity index is 1.70. The fourth-order valence-electron chi connectivity index (χ4n) is 2.34. The van der Waals surface area contributed by atoms with Crippen molar-refractivity contribution >= 4 is 57.4 Å². The number of hydrogen-bond acceptors (Lipinski definition) is 6. The van der Waals surface area contributed by atoms with Crippen LogP contribution in [0.2, 0.25) is 10.0 Å². The lowest BCUT2D eigenvalue weighted by Crippen LogP contribution is -2.30. The highest BCUT2D eigenvalue weighted by molar-refractivity contribution is 6.33. The molecule has 0 aliphatic heterocycles. The zero-order chi connectivity index (χ0) is 20.4. The molecule has 0 aliphatic carbocycles. The van der Waals surface area contributed by atoms with Crippen LogP contribution in [0.1, 0.15) is 17.5 Å². The number of furan rings is 1. The molecule has 0 spiro atoms. The van der Waals surface area contributed by atoms with Gasteiger partial charge in [-0.05, 0) is 37.3 Å². The van der Waals surface area contributed by atoms with Crippen LogP contribution in [0.25, 0.3) is 11.0 Å². The number of fused-ring (bicyclic) bond motifs is 1. The van der Waals surface area contributed by atoms with Gasteiger partial charge in [0.2, 0.25) is 5.76 Å². The minimum atomic E-state index is -1.21. The molecular formula is C18H12Cl2N2O6. The third kappa shape index (κ3) is 4.24. The number of hydrogen-bond donors (Lipinski definition) is 1. The predicted octanol–water partition coefficient (Wildman–Crippen LogP) is 4.83.